The third-order valence-corrected chi connectivity index (χ3v) is 2.28. The van der Waals surface area contributed by atoms with Gasteiger partial charge in [-0.1, -0.05) is 0 Å². The number of cyclic esters (lactones) is 1. The van der Waals surface area contributed by atoms with Crippen LogP contribution in [-0.2, 0) is 16.5 Å². The van der Waals surface area contributed by atoms with Gasteiger partial charge in [0, 0.05) is 18.8 Å². The van der Waals surface area contributed by atoms with Gasteiger partial charge in [-0.3, -0.25) is 4.68 Å². The molecule has 7 heteroatoms. The monoisotopic (exact) mass is 225 g/mol. The second-order valence-electron chi connectivity index (χ2n) is 3.39. The molecule has 0 radical (unpaired) electrons. The van der Waals surface area contributed by atoms with Crippen LogP contribution in [0.25, 0.3) is 0 Å². The Kier molecular flexibility index (Phi) is 2.51. The number of nitrogens with one attached hydrogen (secondary N) is 1. The average Bonchev–Trinajstić information content (AvgIpc) is 2.83. The molecule has 1 atom stereocenters. The lowest BCUT2D eigenvalue weighted by Crippen LogP contribution is -2.20. The largest absolute Gasteiger partial charge is 0.464 e. The Labute approximate surface area is 91.3 Å². The number of ether oxygens (including phenoxy) is 2. The Bertz CT molecular complexity index is 440. The molecule has 1 aromatic rings. The van der Waals surface area contributed by atoms with Gasteiger partial charge in [-0.2, -0.15) is 5.10 Å². The molecule has 2 rings (SSSR count). The first-order valence-electron chi connectivity index (χ1n) is 4.67. The van der Waals surface area contributed by atoms with Crippen LogP contribution < -0.4 is 5.32 Å². The fourth-order valence-electron chi connectivity index (χ4n) is 1.57. The quantitative estimate of drug-likeness (QED) is 0.715. The van der Waals surface area contributed by atoms with E-state index in [1.807, 2.05) is 0 Å². The van der Waals surface area contributed by atoms with Crippen LogP contribution in [0.5, 0.6) is 0 Å². The summed E-state index contributed by atoms with van der Waals surface area (Å²) in [6.07, 6.45) is 1.16. The minimum absolute atomic E-state index is 0.189. The second-order valence-corrected chi connectivity index (χ2v) is 3.39. The Morgan fingerprint density at radius 1 is 1.75 bits per heavy atom. The van der Waals surface area contributed by atoms with E-state index in [9.17, 15) is 9.59 Å². The van der Waals surface area contributed by atoms with Gasteiger partial charge in [-0.25, -0.2) is 9.59 Å². The molecule has 1 aliphatic heterocycles. The third-order valence-electron chi connectivity index (χ3n) is 2.28. The summed E-state index contributed by atoms with van der Waals surface area (Å²) < 4.78 is 10.9. The first-order chi connectivity index (χ1) is 7.61. The molecule has 0 aliphatic carbocycles. The minimum atomic E-state index is -0.531. The van der Waals surface area contributed by atoms with E-state index < -0.39 is 12.1 Å². The average molecular weight is 225 g/mol. The summed E-state index contributed by atoms with van der Waals surface area (Å²) in [6, 6.07) is -0.352. The maximum atomic E-state index is 11.4. The van der Waals surface area contributed by atoms with E-state index in [0.717, 1.165) is 0 Å². The zero-order chi connectivity index (χ0) is 11.7. The molecule has 7 nitrogen and oxygen atoms in total. The smallest absolute Gasteiger partial charge is 0.407 e. The predicted molar refractivity (Wildman–Crippen MR) is 51.8 cm³/mol. The molecule has 0 bridgehead atoms. The first kappa shape index (κ1) is 10.5. The number of esters is 1. The molecule has 1 saturated heterocycles. The standard InChI is InChI=1S/C9H11N3O4/c1-12-3-5(6-4-16-9(14)10-6)7(11-12)8(13)15-2/h3,6H,4H2,1-2H3,(H,10,14). The molecule has 1 amide bonds. The number of nitrogens with zero attached hydrogens (tertiary/aromatic N) is 2. The highest BCUT2D eigenvalue weighted by molar-refractivity contribution is 5.89. The maximum absolute atomic E-state index is 11.4. The molecule has 1 aromatic heterocycles. The molecule has 16 heavy (non-hydrogen) atoms. The number of amides is 1. The number of aromatic nitrogens is 2. The van der Waals surface area contributed by atoms with Crippen molar-refractivity contribution in [3.8, 4) is 0 Å². The third kappa shape index (κ3) is 1.71. The van der Waals surface area contributed by atoms with E-state index in [1.54, 1.807) is 13.2 Å². The van der Waals surface area contributed by atoms with Crippen LogP contribution >= 0.6 is 0 Å². The SMILES string of the molecule is COC(=O)c1nn(C)cc1C1COC(=O)N1. The zero-order valence-electron chi connectivity index (χ0n) is 8.89. The van der Waals surface area contributed by atoms with Gasteiger partial charge in [0.15, 0.2) is 5.69 Å². The van der Waals surface area contributed by atoms with Gasteiger partial charge in [0.05, 0.1) is 13.2 Å². The lowest BCUT2D eigenvalue weighted by atomic mass is 10.1. The highest BCUT2D eigenvalue weighted by atomic mass is 16.6. The molecular formula is C9H11N3O4. The summed E-state index contributed by atoms with van der Waals surface area (Å²) in [4.78, 5) is 22.3. The molecule has 0 aromatic carbocycles. The summed E-state index contributed by atoms with van der Waals surface area (Å²) in [7, 11) is 2.97. The van der Waals surface area contributed by atoms with Gasteiger partial charge in [-0.15, -0.1) is 0 Å². The lowest BCUT2D eigenvalue weighted by molar-refractivity contribution is 0.0591. The maximum Gasteiger partial charge on any atom is 0.407 e. The highest BCUT2D eigenvalue weighted by Gasteiger charge is 2.30. The van der Waals surface area contributed by atoms with Gasteiger partial charge in [0.25, 0.3) is 0 Å². The molecule has 1 aliphatic rings. The molecule has 2 heterocycles. The van der Waals surface area contributed by atoms with Crippen molar-refractivity contribution < 1.29 is 19.1 Å². The molecule has 1 fully saturated rings. The number of carbonyl (C=O) groups is 2. The summed E-state index contributed by atoms with van der Waals surface area (Å²) >= 11 is 0. The Hall–Kier alpha value is -2.05. The van der Waals surface area contributed by atoms with Crippen molar-refractivity contribution >= 4 is 12.1 Å². The summed E-state index contributed by atoms with van der Waals surface area (Å²) in [5, 5.41) is 6.57. The molecule has 86 valence electrons. The van der Waals surface area contributed by atoms with Crippen molar-refractivity contribution in [2.24, 2.45) is 7.05 Å². The molecule has 0 saturated carbocycles. The molecular weight excluding hydrogens is 214 g/mol. The summed E-state index contributed by atoms with van der Waals surface area (Å²) in [5.41, 5.74) is 0.793. The van der Waals surface area contributed by atoms with E-state index in [-0.39, 0.29) is 18.3 Å². The van der Waals surface area contributed by atoms with Crippen molar-refractivity contribution in [3.63, 3.8) is 0 Å². The number of carbonyl (C=O) groups excluding carboxylic acids is 2. The first-order valence-corrected chi connectivity index (χ1v) is 4.67. The number of hydrogen-bond acceptors (Lipinski definition) is 5. The normalized spacial score (nSPS) is 19.1. The van der Waals surface area contributed by atoms with Gasteiger partial charge in [-0.05, 0) is 0 Å². The molecule has 1 N–H and O–H groups in total. The number of methoxy groups -OCH3 is 1. The van der Waals surface area contributed by atoms with Crippen LogP contribution in [0.4, 0.5) is 4.79 Å². The van der Waals surface area contributed by atoms with Gasteiger partial charge < -0.3 is 14.8 Å². The Morgan fingerprint density at radius 2 is 2.50 bits per heavy atom. The molecule has 1 unspecified atom stereocenters. The number of aryl methyl sites for hydroxylation is 1. The van der Waals surface area contributed by atoms with E-state index in [2.05, 4.69) is 15.2 Å². The summed E-state index contributed by atoms with van der Waals surface area (Å²) in [6.45, 7) is 0.189. The van der Waals surface area contributed by atoms with Crippen molar-refractivity contribution in [2.45, 2.75) is 6.04 Å². The van der Waals surface area contributed by atoms with Crippen LogP contribution in [0.1, 0.15) is 22.1 Å². The summed E-state index contributed by atoms with van der Waals surface area (Å²) in [5.74, 6) is -0.531. The van der Waals surface area contributed by atoms with Crippen LogP contribution in [0.15, 0.2) is 6.20 Å². The van der Waals surface area contributed by atoms with Crippen LogP contribution in [-0.4, -0.2) is 35.6 Å². The van der Waals surface area contributed by atoms with E-state index in [0.29, 0.717) is 5.56 Å². The fraction of sp³-hybridized carbons (Fsp3) is 0.444. The number of hydrogen-bond donors (Lipinski definition) is 1. The van der Waals surface area contributed by atoms with E-state index in [4.69, 9.17) is 4.74 Å². The van der Waals surface area contributed by atoms with Crippen LogP contribution in [0.3, 0.4) is 0 Å². The Balaban J connectivity index is 2.32. The van der Waals surface area contributed by atoms with Gasteiger partial charge in [0.1, 0.15) is 6.61 Å². The van der Waals surface area contributed by atoms with E-state index >= 15 is 0 Å². The number of alkyl carbamates (subject to hydrolysis) is 1. The van der Waals surface area contributed by atoms with Crippen molar-refractivity contribution in [1.29, 1.82) is 0 Å². The van der Waals surface area contributed by atoms with Crippen molar-refractivity contribution in [2.75, 3.05) is 13.7 Å². The topological polar surface area (TPSA) is 82.4 Å². The lowest BCUT2D eigenvalue weighted by Gasteiger charge is -2.05. The number of rotatable bonds is 2. The minimum Gasteiger partial charge on any atom is -0.464 e. The van der Waals surface area contributed by atoms with Gasteiger partial charge >= 0.3 is 12.1 Å². The second kappa shape index (κ2) is 3.84. The zero-order valence-corrected chi connectivity index (χ0v) is 8.89. The highest BCUT2D eigenvalue weighted by Crippen LogP contribution is 2.21. The van der Waals surface area contributed by atoms with Crippen LogP contribution in [0.2, 0.25) is 0 Å². The fourth-order valence-corrected chi connectivity index (χ4v) is 1.57. The van der Waals surface area contributed by atoms with Crippen LogP contribution in [0, 0.1) is 0 Å². The van der Waals surface area contributed by atoms with Crippen molar-refractivity contribution in [3.05, 3.63) is 17.5 Å². The van der Waals surface area contributed by atoms with E-state index in [1.165, 1.54) is 11.8 Å². The Morgan fingerprint density at radius 3 is 3.06 bits per heavy atom. The van der Waals surface area contributed by atoms with Crippen molar-refractivity contribution in [1.82, 2.24) is 15.1 Å². The molecule has 0 spiro atoms. The predicted octanol–water partition coefficient (Wildman–Crippen LogP) is -0.0124. The van der Waals surface area contributed by atoms with Gasteiger partial charge in [0.2, 0.25) is 0 Å².